The molecule has 2 heterocycles. The summed E-state index contributed by atoms with van der Waals surface area (Å²) in [6.07, 6.45) is 8.33. The molecule has 0 saturated carbocycles. The van der Waals surface area contributed by atoms with E-state index in [1.165, 1.54) is 0 Å². The molecule has 0 fully saturated rings. The lowest BCUT2D eigenvalue weighted by Gasteiger charge is -2.04. The van der Waals surface area contributed by atoms with Gasteiger partial charge in [-0.2, -0.15) is 15.6 Å². The summed E-state index contributed by atoms with van der Waals surface area (Å²) < 4.78 is 3.65. The number of aryl methyl sites for hydroxylation is 2. The van der Waals surface area contributed by atoms with Crippen LogP contribution in [0.5, 0.6) is 0 Å². The number of hydrogen-bond acceptors (Lipinski definition) is 4. The molecule has 0 unspecified atom stereocenters. The van der Waals surface area contributed by atoms with Gasteiger partial charge in [-0.05, 0) is 25.3 Å². The molecule has 0 bridgehead atoms. The molecule has 0 saturated heterocycles. The van der Waals surface area contributed by atoms with E-state index in [1.54, 1.807) is 17.1 Å². The Labute approximate surface area is 111 Å². The number of hydrogen-bond donors (Lipinski definition) is 0. The fourth-order valence-corrected chi connectivity index (χ4v) is 1.92. The van der Waals surface area contributed by atoms with E-state index in [-0.39, 0.29) is 5.69 Å². The van der Waals surface area contributed by atoms with Gasteiger partial charge in [-0.15, -0.1) is 0 Å². The summed E-state index contributed by atoms with van der Waals surface area (Å²) in [6.45, 7) is 1.63. The quantitative estimate of drug-likeness (QED) is 0.734. The fourth-order valence-electron chi connectivity index (χ4n) is 1.92. The highest BCUT2D eigenvalue weighted by atomic mass is 15.3. The Kier molecular flexibility index (Phi) is 4.30. The summed E-state index contributed by atoms with van der Waals surface area (Å²) in [4.78, 5) is 3.91. The van der Waals surface area contributed by atoms with Crippen molar-refractivity contribution >= 4 is 0 Å². The molecule has 2 rings (SSSR count). The van der Waals surface area contributed by atoms with Crippen LogP contribution in [0.1, 0.15) is 30.7 Å². The third-order valence-corrected chi connectivity index (χ3v) is 2.89. The van der Waals surface area contributed by atoms with E-state index in [4.69, 9.17) is 10.5 Å². The lowest BCUT2D eigenvalue weighted by molar-refractivity contribution is 0.518. The fraction of sp³-hybridized carbons (Fsp3) is 0.385. The van der Waals surface area contributed by atoms with E-state index in [1.807, 2.05) is 29.1 Å². The highest BCUT2D eigenvalue weighted by Gasteiger charge is 2.08. The Morgan fingerprint density at radius 3 is 2.63 bits per heavy atom. The van der Waals surface area contributed by atoms with Crippen molar-refractivity contribution in [3.05, 3.63) is 36.2 Å². The lowest BCUT2D eigenvalue weighted by atomic mass is 10.2. The Hall–Kier alpha value is -2.60. The summed E-state index contributed by atoms with van der Waals surface area (Å²) in [5, 5.41) is 21.9. The Balaban J connectivity index is 1.76. The molecule has 0 aromatic carbocycles. The van der Waals surface area contributed by atoms with Crippen LogP contribution in [0, 0.1) is 22.7 Å². The number of imidazole rings is 1. The lowest BCUT2D eigenvalue weighted by Crippen LogP contribution is -2.02. The van der Waals surface area contributed by atoms with Gasteiger partial charge in [0.15, 0.2) is 11.4 Å². The van der Waals surface area contributed by atoms with Gasteiger partial charge >= 0.3 is 0 Å². The Bertz CT molecular complexity index is 596. The largest absolute Gasteiger partial charge is 0.321 e. The monoisotopic (exact) mass is 254 g/mol. The normalized spacial score (nSPS) is 10.0. The van der Waals surface area contributed by atoms with Crippen LogP contribution in [0.25, 0.3) is 0 Å². The standard InChI is InChI=1S/C13H14N6/c14-9-12-13(10-15)18(11-16-12)6-2-1-3-7-19-8-4-5-17-19/h4-5,8,11H,1-3,6-7H2. The smallest absolute Gasteiger partial charge is 0.176 e. The maximum absolute atomic E-state index is 8.97. The van der Waals surface area contributed by atoms with E-state index >= 15 is 0 Å². The molecule has 0 radical (unpaired) electrons. The van der Waals surface area contributed by atoms with Crippen LogP contribution in [0.15, 0.2) is 24.8 Å². The summed E-state index contributed by atoms with van der Waals surface area (Å²) in [5.41, 5.74) is 0.564. The molecule has 19 heavy (non-hydrogen) atoms. The van der Waals surface area contributed by atoms with E-state index in [9.17, 15) is 0 Å². The van der Waals surface area contributed by atoms with E-state index < -0.39 is 0 Å². The van der Waals surface area contributed by atoms with Crippen molar-refractivity contribution in [3.63, 3.8) is 0 Å². The summed E-state index contributed by atoms with van der Waals surface area (Å²) >= 11 is 0. The summed E-state index contributed by atoms with van der Waals surface area (Å²) in [5.74, 6) is 0. The summed E-state index contributed by atoms with van der Waals surface area (Å²) in [6, 6.07) is 5.85. The first-order valence-electron chi connectivity index (χ1n) is 6.18. The van der Waals surface area contributed by atoms with Crippen molar-refractivity contribution in [1.82, 2.24) is 19.3 Å². The van der Waals surface area contributed by atoms with Crippen LogP contribution in [0.3, 0.4) is 0 Å². The zero-order chi connectivity index (χ0) is 13.5. The maximum atomic E-state index is 8.97. The van der Waals surface area contributed by atoms with Crippen molar-refractivity contribution in [3.8, 4) is 12.1 Å². The van der Waals surface area contributed by atoms with Crippen LogP contribution in [-0.2, 0) is 13.1 Å². The molecule has 6 heteroatoms. The van der Waals surface area contributed by atoms with Gasteiger partial charge in [-0.1, -0.05) is 0 Å². The third-order valence-electron chi connectivity index (χ3n) is 2.89. The topological polar surface area (TPSA) is 83.2 Å². The Morgan fingerprint density at radius 1 is 1.11 bits per heavy atom. The van der Waals surface area contributed by atoms with Gasteiger partial charge in [0.1, 0.15) is 12.1 Å². The van der Waals surface area contributed by atoms with Gasteiger partial charge in [0, 0.05) is 25.5 Å². The zero-order valence-corrected chi connectivity index (χ0v) is 10.5. The Morgan fingerprint density at radius 2 is 1.95 bits per heavy atom. The summed E-state index contributed by atoms with van der Waals surface area (Å²) in [7, 11) is 0. The van der Waals surface area contributed by atoms with Crippen molar-refractivity contribution in [2.24, 2.45) is 0 Å². The minimum absolute atomic E-state index is 0.207. The van der Waals surface area contributed by atoms with Crippen LogP contribution < -0.4 is 0 Å². The van der Waals surface area contributed by atoms with Crippen molar-refractivity contribution in [1.29, 1.82) is 10.5 Å². The molecule has 6 nitrogen and oxygen atoms in total. The first-order chi connectivity index (χ1) is 9.35. The van der Waals surface area contributed by atoms with Crippen molar-refractivity contribution in [2.75, 3.05) is 0 Å². The average molecular weight is 254 g/mol. The molecule has 0 atom stereocenters. The molecule has 2 aromatic heterocycles. The number of nitrogens with zero attached hydrogens (tertiary/aromatic N) is 6. The number of nitriles is 2. The molecule has 96 valence electrons. The van der Waals surface area contributed by atoms with E-state index in [2.05, 4.69) is 10.1 Å². The van der Waals surface area contributed by atoms with Crippen LogP contribution in [0.4, 0.5) is 0 Å². The maximum Gasteiger partial charge on any atom is 0.176 e. The highest BCUT2D eigenvalue weighted by Crippen LogP contribution is 2.08. The molecule has 2 aromatic rings. The minimum atomic E-state index is 0.207. The van der Waals surface area contributed by atoms with Gasteiger partial charge in [0.05, 0.1) is 6.33 Å². The number of aromatic nitrogens is 4. The second-order valence-electron chi connectivity index (χ2n) is 4.19. The first-order valence-corrected chi connectivity index (χ1v) is 6.18. The molecule has 0 aliphatic rings. The van der Waals surface area contributed by atoms with Crippen LogP contribution in [0.2, 0.25) is 0 Å². The predicted molar refractivity (Wildman–Crippen MR) is 67.7 cm³/mol. The predicted octanol–water partition coefficient (Wildman–Crippen LogP) is 1.69. The number of unbranched alkanes of at least 4 members (excludes halogenated alkanes) is 2. The van der Waals surface area contributed by atoms with Gasteiger partial charge in [0.2, 0.25) is 0 Å². The molecule has 0 amide bonds. The van der Waals surface area contributed by atoms with Gasteiger partial charge in [-0.3, -0.25) is 4.68 Å². The molecule has 0 aliphatic heterocycles. The van der Waals surface area contributed by atoms with Gasteiger partial charge in [0.25, 0.3) is 0 Å². The second-order valence-corrected chi connectivity index (χ2v) is 4.19. The molecule has 0 N–H and O–H groups in total. The molecule has 0 spiro atoms. The average Bonchev–Trinajstić information content (AvgIpc) is 3.06. The highest BCUT2D eigenvalue weighted by molar-refractivity contribution is 5.35. The third kappa shape index (κ3) is 3.20. The van der Waals surface area contributed by atoms with Gasteiger partial charge < -0.3 is 4.57 Å². The van der Waals surface area contributed by atoms with E-state index in [0.717, 1.165) is 32.4 Å². The van der Waals surface area contributed by atoms with Crippen molar-refractivity contribution < 1.29 is 0 Å². The molecule has 0 aliphatic carbocycles. The van der Waals surface area contributed by atoms with Gasteiger partial charge in [-0.25, -0.2) is 4.98 Å². The van der Waals surface area contributed by atoms with Crippen LogP contribution in [-0.4, -0.2) is 19.3 Å². The zero-order valence-electron chi connectivity index (χ0n) is 10.5. The molecular weight excluding hydrogens is 240 g/mol. The minimum Gasteiger partial charge on any atom is -0.321 e. The molecular formula is C13H14N6. The van der Waals surface area contributed by atoms with Crippen molar-refractivity contribution in [2.45, 2.75) is 32.4 Å². The van der Waals surface area contributed by atoms with Crippen LogP contribution >= 0.6 is 0 Å². The number of rotatable bonds is 6. The van der Waals surface area contributed by atoms with E-state index in [0.29, 0.717) is 5.69 Å². The second kappa shape index (κ2) is 6.36. The SMILES string of the molecule is N#Cc1ncn(CCCCCn2cccn2)c1C#N. The first kappa shape index (κ1) is 12.8.